The molecule has 0 fully saturated rings. The predicted octanol–water partition coefficient (Wildman–Crippen LogP) is 6.22. The van der Waals surface area contributed by atoms with E-state index >= 15 is 0 Å². The molecule has 0 spiro atoms. The summed E-state index contributed by atoms with van der Waals surface area (Å²) in [5.41, 5.74) is 2.05. The Labute approximate surface area is 197 Å². The molecular weight excluding hydrogens is 432 g/mol. The van der Waals surface area contributed by atoms with Crippen LogP contribution in [0.15, 0.2) is 95.9 Å². The van der Waals surface area contributed by atoms with Crippen LogP contribution in [0, 0.1) is 0 Å². The molecule has 4 rings (SSSR count). The minimum atomic E-state index is -0.157. The van der Waals surface area contributed by atoms with Gasteiger partial charge in [0, 0.05) is 21.8 Å². The van der Waals surface area contributed by atoms with Gasteiger partial charge in [0.2, 0.25) is 5.91 Å². The first kappa shape index (κ1) is 22.4. The molecular formula is C27H24N2O3S. The highest BCUT2D eigenvalue weighted by Gasteiger charge is 2.08. The fourth-order valence-corrected chi connectivity index (χ4v) is 4.01. The number of anilines is 2. The summed E-state index contributed by atoms with van der Waals surface area (Å²) in [4.78, 5) is 25.8. The number of carbonyl (C=O) groups excluding carboxylic acids is 2. The van der Waals surface area contributed by atoms with E-state index in [-0.39, 0.29) is 17.6 Å². The van der Waals surface area contributed by atoms with Crippen molar-refractivity contribution < 1.29 is 14.3 Å². The van der Waals surface area contributed by atoms with Gasteiger partial charge in [-0.05, 0) is 78.4 Å². The topological polar surface area (TPSA) is 67.4 Å². The quantitative estimate of drug-likeness (QED) is 0.309. The Bertz CT molecular complexity index is 1250. The van der Waals surface area contributed by atoms with Gasteiger partial charge in [-0.3, -0.25) is 9.59 Å². The zero-order chi connectivity index (χ0) is 23.0. The van der Waals surface area contributed by atoms with Gasteiger partial charge in [0.05, 0.1) is 12.4 Å². The van der Waals surface area contributed by atoms with Crippen molar-refractivity contribution in [3.05, 3.63) is 96.6 Å². The molecule has 0 aliphatic carbocycles. The molecule has 2 amide bonds. The third-order valence-electron chi connectivity index (χ3n) is 4.94. The molecule has 0 aromatic heterocycles. The average Bonchev–Trinajstić information content (AvgIpc) is 2.84. The minimum absolute atomic E-state index is 0.0853. The van der Waals surface area contributed by atoms with E-state index in [9.17, 15) is 9.59 Å². The largest absolute Gasteiger partial charge is 0.494 e. The predicted molar refractivity (Wildman–Crippen MR) is 135 cm³/mol. The molecule has 2 N–H and O–H groups in total. The second-order valence-electron chi connectivity index (χ2n) is 7.33. The molecule has 0 heterocycles. The molecule has 0 saturated carbocycles. The Hall–Kier alpha value is -3.77. The molecule has 0 radical (unpaired) electrons. The van der Waals surface area contributed by atoms with Gasteiger partial charge in [-0.2, -0.15) is 0 Å². The van der Waals surface area contributed by atoms with Gasteiger partial charge in [0.15, 0.2) is 0 Å². The highest BCUT2D eigenvalue weighted by atomic mass is 32.2. The summed E-state index contributed by atoms with van der Waals surface area (Å²) in [5, 5.41) is 7.93. The van der Waals surface area contributed by atoms with Gasteiger partial charge in [0.1, 0.15) is 5.75 Å². The summed E-state index contributed by atoms with van der Waals surface area (Å²) >= 11 is 1.43. The molecule has 5 nitrogen and oxygen atoms in total. The molecule has 4 aromatic rings. The van der Waals surface area contributed by atoms with Crippen molar-refractivity contribution in [3.8, 4) is 5.75 Å². The van der Waals surface area contributed by atoms with E-state index in [1.54, 1.807) is 0 Å². The lowest BCUT2D eigenvalue weighted by Gasteiger charge is -2.08. The molecule has 4 aromatic carbocycles. The van der Waals surface area contributed by atoms with Gasteiger partial charge < -0.3 is 15.4 Å². The second kappa shape index (κ2) is 10.7. The first-order chi connectivity index (χ1) is 16.1. The number of carbonyl (C=O) groups is 2. The average molecular weight is 457 g/mol. The molecule has 0 bridgehead atoms. The molecule has 33 heavy (non-hydrogen) atoms. The molecule has 0 unspecified atom stereocenters. The van der Waals surface area contributed by atoms with Crippen molar-refractivity contribution >= 4 is 45.7 Å². The zero-order valence-corrected chi connectivity index (χ0v) is 19.0. The van der Waals surface area contributed by atoms with E-state index in [1.807, 2.05) is 97.9 Å². The Balaban J connectivity index is 1.28. The Morgan fingerprint density at radius 2 is 1.45 bits per heavy atom. The van der Waals surface area contributed by atoms with Crippen molar-refractivity contribution in [2.45, 2.75) is 11.8 Å². The third-order valence-corrected chi connectivity index (χ3v) is 5.95. The number of fused-ring (bicyclic) bond motifs is 1. The summed E-state index contributed by atoms with van der Waals surface area (Å²) in [6, 6.07) is 28.4. The number of benzene rings is 4. The molecule has 0 aliphatic rings. The Kier molecular flexibility index (Phi) is 7.27. The normalized spacial score (nSPS) is 10.6. The second-order valence-corrected chi connectivity index (χ2v) is 8.38. The standard InChI is InChI=1S/C27H24N2O3S/c1-2-32-24-13-9-22(10-14-24)28-26(30)18-33-25-15-11-23(12-16-25)29-27(31)21-8-7-19-5-3-4-6-20(19)17-21/h3-17H,2,18H2,1H3,(H,28,30)(H,29,31). The van der Waals surface area contributed by atoms with Gasteiger partial charge in [-0.1, -0.05) is 30.3 Å². The van der Waals surface area contributed by atoms with E-state index in [1.165, 1.54) is 11.8 Å². The van der Waals surface area contributed by atoms with Crippen molar-refractivity contribution in [1.82, 2.24) is 0 Å². The highest BCUT2D eigenvalue weighted by molar-refractivity contribution is 8.00. The molecule has 0 atom stereocenters. The van der Waals surface area contributed by atoms with E-state index in [4.69, 9.17) is 4.74 Å². The number of nitrogens with one attached hydrogen (secondary N) is 2. The minimum Gasteiger partial charge on any atom is -0.494 e. The van der Waals surface area contributed by atoms with Crippen molar-refractivity contribution in [2.75, 3.05) is 23.0 Å². The fraction of sp³-hybridized carbons (Fsp3) is 0.111. The van der Waals surface area contributed by atoms with Crippen LogP contribution in [0.2, 0.25) is 0 Å². The zero-order valence-electron chi connectivity index (χ0n) is 18.2. The van der Waals surface area contributed by atoms with Gasteiger partial charge in [-0.15, -0.1) is 11.8 Å². The molecule has 166 valence electrons. The van der Waals surface area contributed by atoms with Crippen LogP contribution in [0.1, 0.15) is 17.3 Å². The first-order valence-electron chi connectivity index (χ1n) is 10.7. The van der Waals surface area contributed by atoms with E-state index in [0.717, 1.165) is 27.1 Å². The number of thioether (sulfide) groups is 1. The Morgan fingerprint density at radius 1 is 0.788 bits per heavy atom. The number of ether oxygens (including phenoxy) is 1. The maximum absolute atomic E-state index is 12.6. The lowest BCUT2D eigenvalue weighted by molar-refractivity contribution is -0.113. The summed E-state index contributed by atoms with van der Waals surface area (Å²) in [6.45, 7) is 2.53. The van der Waals surface area contributed by atoms with E-state index in [0.29, 0.717) is 17.9 Å². The lowest BCUT2D eigenvalue weighted by Crippen LogP contribution is -2.14. The summed E-state index contributed by atoms with van der Waals surface area (Å²) in [5.74, 6) is 0.821. The molecule has 6 heteroatoms. The van der Waals surface area contributed by atoms with Crippen LogP contribution in [0.3, 0.4) is 0 Å². The van der Waals surface area contributed by atoms with Crippen molar-refractivity contribution in [1.29, 1.82) is 0 Å². The Morgan fingerprint density at radius 3 is 2.18 bits per heavy atom. The SMILES string of the molecule is CCOc1ccc(NC(=O)CSc2ccc(NC(=O)c3ccc4ccccc4c3)cc2)cc1. The number of amides is 2. The maximum atomic E-state index is 12.6. The fourth-order valence-electron chi connectivity index (χ4n) is 3.32. The maximum Gasteiger partial charge on any atom is 0.255 e. The van der Waals surface area contributed by atoms with E-state index < -0.39 is 0 Å². The number of hydrogen-bond donors (Lipinski definition) is 2. The number of hydrogen-bond acceptors (Lipinski definition) is 4. The van der Waals surface area contributed by atoms with Crippen LogP contribution in [0.5, 0.6) is 5.75 Å². The van der Waals surface area contributed by atoms with Gasteiger partial charge in [0.25, 0.3) is 5.91 Å². The highest BCUT2D eigenvalue weighted by Crippen LogP contribution is 2.22. The third kappa shape index (κ3) is 6.14. The summed E-state index contributed by atoms with van der Waals surface area (Å²) in [6.07, 6.45) is 0. The van der Waals surface area contributed by atoms with Crippen LogP contribution < -0.4 is 15.4 Å². The number of rotatable bonds is 8. The van der Waals surface area contributed by atoms with Crippen molar-refractivity contribution in [2.24, 2.45) is 0 Å². The molecule has 0 saturated heterocycles. The summed E-state index contributed by atoms with van der Waals surface area (Å²) in [7, 11) is 0. The van der Waals surface area contributed by atoms with Gasteiger partial charge >= 0.3 is 0 Å². The summed E-state index contributed by atoms with van der Waals surface area (Å²) < 4.78 is 5.40. The lowest BCUT2D eigenvalue weighted by atomic mass is 10.1. The van der Waals surface area contributed by atoms with E-state index in [2.05, 4.69) is 10.6 Å². The smallest absolute Gasteiger partial charge is 0.255 e. The van der Waals surface area contributed by atoms with Crippen LogP contribution in [0.25, 0.3) is 10.8 Å². The molecule has 0 aliphatic heterocycles. The van der Waals surface area contributed by atoms with Crippen molar-refractivity contribution in [3.63, 3.8) is 0 Å². The van der Waals surface area contributed by atoms with Crippen LogP contribution in [-0.4, -0.2) is 24.2 Å². The monoisotopic (exact) mass is 456 g/mol. The first-order valence-corrected chi connectivity index (χ1v) is 11.6. The van der Waals surface area contributed by atoms with Crippen LogP contribution in [-0.2, 0) is 4.79 Å². The van der Waals surface area contributed by atoms with Gasteiger partial charge in [-0.25, -0.2) is 0 Å². The van der Waals surface area contributed by atoms with Crippen LogP contribution in [0.4, 0.5) is 11.4 Å². The van der Waals surface area contributed by atoms with Crippen LogP contribution >= 0.6 is 11.8 Å².